The first-order valence-corrected chi connectivity index (χ1v) is 7.58. The van der Waals surface area contributed by atoms with Gasteiger partial charge in [-0.05, 0) is 32.4 Å². The molecular weight excluding hydrogens is 272 g/mol. The highest BCUT2D eigenvalue weighted by Crippen LogP contribution is 2.30. The maximum absolute atomic E-state index is 11.9. The fourth-order valence-corrected chi connectivity index (χ4v) is 2.91. The zero-order valence-corrected chi connectivity index (χ0v) is 12.7. The van der Waals surface area contributed by atoms with Crippen molar-refractivity contribution in [1.29, 1.82) is 0 Å². The Balaban J connectivity index is 2.32. The normalized spacial score (nSPS) is 12.3. The molecule has 106 valence electrons. The van der Waals surface area contributed by atoms with E-state index in [1.54, 1.807) is 0 Å². The van der Waals surface area contributed by atoms with E-state index in [1.165, 1.54) is 18.1 Å². The number of carbonyl (C=O) groups is 1. The van der Waals surface area contributed by atoms with Crippen molar-refractivity contribution < 1.29 is 9.53 Å². The van der Waals surface area contributed by atoms with Crippen molar-refractivity contribution in [3.63, 3.8) is 0 Å². The Labute approximate surface area is 123 Å². The fourth-order valence-electron chi connectivity index (χ4n) is 1.91. The average Bonchev–Trinajstić information content (AvgIpc) is 2.45. The quantitative estimate of drug-likeness (QED) is 0.480. The topological polar surface area (TPSA) is 52.1 Å². The molecule has 0 bridgehead atoms. The van der Waals surface area contributed by atoms with Gasteiger partial charge in [-0.3, -0.25) is 4.79 Å². The zero-order chi connectivity index (χ0) is 14.5. The first kappa shape index (κ1) is 14.8. The number of ether oxygens (including phenoxy) is 1. The summed E-state index contributed by atoms with van der Waals surface area (Å²) < 4.78 is 5.10. The molecule has 0 radical (unpaired) electrons. The van der Waals surface area contributed by atoms with Gasteiger partial charge in [-0.1, -0.05) is 30.3 Å². The van der Waals surface area contributed by atoms with Crippen LogP contribution in [0.1, 0.15) is 25.8 Å². The van der Waals surface area contributed by atoms with E-state index >= 15 is 0 Å². The van der Waals surface area contributed by atoms with Gasteiger partial charge >= 0.3 is 5.97 Å². The highest BCUT2D eigenvalue weighted by atomic mass is 32.2. The summed E-state index contributed by atoms with van der Waals surface area (Å²) in [6.45, 7) is 6.23. The second-order valence-corrected chi connectivity index (χ2v) is 5.66. The van der Waals surface area contributed by atoms with Crippen molar-refractivity contribution in [2.45, 2.75) is 37.5 Å². The second kappa shape index (κ2) is 6.70. The van der Waals surface area contributed by atoms with E-state index in [-0.39, 0.29) is 11.2 Å². The molecule has 0 saturated carbocycles. The molecule has 2 rings (SSSR count). The highest BCUT2D eigenvalue weighted by molar-refractivity contribution is 8.00. The number of thioether (sulfide) groups is 1. The number of aromatic nitrogens is 2. The smallest absolute Gasteiger partial charge is 0.319 e. The monoisotopic (exact) mass is 290 g/mol. The summed E-state index contributed by atoms with van der Waals surface area (Å²) in [4.78, 5) is 20.5. The zero-order valence-electron chi connectivity index (χ0n) is 11.9. The lowest BCUT2D eigenvalue weighted by Gasteiger charge is -2.13. The first-order valence-electron chi connectivity index (χ1n) is 6.70. The predicted molar refractivity (Wildman–Crippen MR) is 80.8 cm³/mol. The molecule has 20 heavy (non-hydrogen) atoms. The van der Waals surface area contributed by atoms with Crippen LogP contribution in [0.15, 0.2) is 29.6 Å². The van der Waals surface area contributed by atoms with E-state index in [0.717, 1.165) is 21.5 Å². The number of carbonyl (C=O) groups excluding carboxylic acids is 1. The molecule has 1 aromatic heterocycles. The van der Waals surface area contributed by atoms with Gasteiger partial charge in [0.05, 0.1) is 12.1 Å². The van der Waals surface area contributed by atoms with Gasteiger partial charge in [-0.25, -0.2) is 9.97 Å². The molecule has 0 aliphatic rings. The Morgan fingerprint density at radius 3 is 2.85 bits per heavy atom. The Morgan fingerprint density at radius 1 is 1.35 bits per heavy atom. The lowest BCUT2D eigenvalue weighted by Crippen LogP contribution is -2.19. The molecule has 0 spiro atoms. The Bertz CT molecular complexity index is 616. The van der Waals surface area contributed by atoms with E-state index in [1.807, 2.05) is 32.9 Å². The number of nitrogens with zero attached hydrogens (tertiary/aromatic N) is 2. The van der Waals surface area contributed by atoms with Gasteiger partial charge in [0, 0.05) is 5.39 Å². The van der Waals surface area contributed by atoms with Crippen LogP contribution in [0.4, 0.5) is 0 Å². The average molecular weight is 290 g/mol. The maximum Gasteiger partial charge on any atom is 0.319 e. The third kappa shape index (κ3) is 3.28. The molecule has 0 saturated heterocycles. The van der Waals surface area contributed by atoms with Crippen molar-refractivity contribution in [1.82, 2.24) is 9.97 Å². The van der Waals surface area contributed by atoms with Crippen LogP contribution in [0.2, 0.25) is 0 Å². The van der Waals surface area contributed by atoms with Gasteiger partial charge in [0.2, 0.25) is 0 Å². The van der Waals surface area contributed by atoms with E-state index in [9.17, 15) is 4.79 Å². The molecule has 0 amide bonds. The van der Waals surface area contributed by atoms with Gasteiger partial charge in [0.15, 0.2) is 0 Å². The van der Waals surface area contributed by atoms with Crippen LogP contribution in [-0.2, 0) is 9.53 Å². The van der Waals surface area contributed by atoms with Crippen LogP contribution in [0, 0.1) is 6.92 Å². The molecule has 2 aromatic rings. The number of fused-ring (bicyclic) bond motifs is 1. The standard InChI is InChI=1S/C15H18N2O2S/c1-4-13(15(18)19-5-2)20-14-11-8-10(3)6-7-12(11)16-9-17-14/h6-9,13H,4-5H2,1-3H3. The van der Waals surface area contributed by atoms with Crippen molar-refractivity contribution in [2.24, 2.45) is 0 Å². The number of benzene rings is 1. The molecule has 1 atom stereocenters. The summed E-state index contributed by atoms with van der Waals surface area (Å²) in [5.41, 5.74) is 2.05. The summed E-state index contributed by atoms with van der Waals surface area (Å²) in [5, 5.41) is 1.59. The minimum Gasteiger partial charge on any atom is -0.465 e. The van der Waals surface area contributed by atoms with Crippen molar-refractivity contribution in [3.8, 4) is 0 Å². The maximum atomic E-state index is 11.9. The number of hydrogen-bond acceptors (Lipinski definition) is 5. The molecule has 0 fully saturated rings. The molecule has 1 heterocycles. The highest BCUT2D eigenvalue weighted by Gasteiger charge is 2.21. The molecule has 1 aromatic carbocycles. The van der Waals surface area contributed by atoms with Crippen LogP contribution < -0.4 is 0 Å². The third-order valence-corrected chi connectivity index (χ3v) is 4.29. The summed E-state index contributed by atoms with van der Waals surface area (Å²) in [7, 11) is 0. The number of esters is 1. The largest absolute Gasteiger partial charge is 0.465 e. The number of hydrogen-bond donors (Lipinski definition) is 0. The first-order chi connectivity index (χ1) is 9.65. The predicted octanol–water partition coefficient (Wildman–Crippen LogP) is 3.37. The van der Waals surface area contributed by atoms with Gasteiger partial charge in [-0.15, -0.1) is 0 Å². The van der Waals surface area contributed by atoms with Crippen molar-refractivity contribution >= 4 is 28.6 Å². The fraction of sp³-hybridized carbons (Fsp3) is 0.400. The van der Waals surface area contributed by atoms with E-state index < -0.39 is 0 Å². The molecule has 4 nitrogen and oxygen atoms in total. The van der Waals surface area contributed by atoms with Gasteiger partial charge < -0.3 is 4.74 Å². The van der Waals surface area contributed by atoms with E-state index in [0.29, 0.717) is 13.0 Å². The number of aryl methyl sites for hydroxylation is 1. The van der Waals surface area contributed by atoms with E-state index in [2.05, 4.69) is 16.0 Å². The molecule has 1 unspecified atom stereocenters. The minimum atomic E-state index is -0.228. The minimum absolute atomic E-state index is 0.181. The third-order valence-electron chi connectivity index (χ3n) is 2.93. The molecule has 0 aliphatic carbocycles. The Hall–Kier alpha value is -1.62. The lowest BCUT2D eigenvalue weighted by atomic mass is 10.2. The Kier molecular flexibility index (Phi) is 4.95. The summed E-state index contributed by atoms with van der Waals surface area (Å²) in [6, 6.07) is 6.05. The molecule has 0 N–H and O–H groups in total. The van der Waals surface area contributed by atoms with Crippen LogP contribution >= 0.6 is 11.8 Å². The molecule has 5 heteroatoms. The summed E-state index contributed by atoms with van der Waals surface area (Å²) >= 11 is 1.45. The Morgan fingerprint density at radius 2 is 2.15 bits per heavy atom. The van der Waals surface area contributed by atoms with Crippen molar-refractivity contribution in [3.05, 3.63) is 30.1 Å². The van der Waals surface area contributed by atoms with Gasteiger partial charge in [0.1, 0.15) is 16.6 Å². The van der Waals surface area contributed by atoms with Crippen LogP contribution in [0.3, 0.4) is 0 Å². The lowest BCUT2D eigenvalue weighted by molar-refractivity contribution is -0.142. The molecular formula is C15H18N2O2S. The van der Waals surface area contributed by atoms with E-state index in [4.69, 9.17) is 4.74 Å². The molecule has 0 aliphatic heterocycles. The second-order valence-electron chi connectivity index (χ2n) is 4.47. The SMILES string of the molecule is CCOC(=O)C(CC)Sc1ncnc2ccc(C)cc12. The van der Waals surface area contributed by atoms with Crippen LogP contribution in [0.5, 0.6) is 0 Å². The number of rotatable bonds is 5. The van der Waals surface area contributed by atoms with Gasteiger partial charge in [0.25, 0.3) is 0 Å². The van der Waals surface area contributed by atoms with Crippen LogP contribution in [-0.4, -0.2) is 27.8 Å². The van der Waals surface area contributed by atoms with Gasteiger partial charge in [-0.2, -0.15) is 0 Å². The summed E-state index contributed by atoms with van der Waals surface area (Å²) in [6.07, 6.45) is 2.25. The van der Waals surface area contributed by atoms with Crippen molar-refractivity contribution in [2.75, 3.05) is 6.61 Å². The van der Waals surface area contributed by atoms with Crippen LogP contribution in [0.25, 0.3) is 10.9 Å². The summed E-state index contributed by atoms with van der Waals surface area (Å²) in [5.74, 6) is -0.181.